The van der Waals surface area contributed by atoms with Crippen molar-refractivity contribution in [1.82, 2.24) is 15.5 Å². The van der Waals surface area contributed by atoms with E-state index in [1.807, 2.05) is 0 Å². The summed E-state index contributed by atoms with van der Waals surface area (Å²) >= 11 is 6.15. The summed E-state index contributed by atoms with van der Waals surface area (Å²) < 4.78 is 18.1. The van der Waals surface area contributed by atoms with Gasteiger partial charge in [0.05, 0.1) is 17.2 Å². The fourth-order valence-corrected chi connectivity index (χ4v) is 4.08. The van der Waals surface area contributed by atoms with Crippen LogP contribution in [-0.4, -0.2) is 62.0 Å². The minimum atomic E-state index is -0.784. The lowest BCUT2D eigenvalue weighted by Gasteiger charge is -2.36. The molecule has 1 saturated heterocycles. The largest absolute Gasteiger partial charge is 0.383 e. The number of hydrogen-bond acceptors (Lipinski definition) is 4. The van der Waals surface area contributed by atoms with E-state index in [1.165, 1.54) is 31.4 Å². The fraction of sp³-hybridized carbons (Fsp3) is 0.375. The van der Waals surface area contributed by atoms with Crippen LogP contribution in [0.2, 0.25) is 5.02 Å². The maximum absolute atomic E-state index is 13.2. The van der Waals surface area contributed by atoms with Crippen LogP contribution in [0.5, 0.6) is 0 Å². The highest BCUT2D eigenvalue weighted by atomic mass is 35.5. The summed E-state index contributed by atoms with van der Waals surface area (Å²) in [6.45, 7) is 1.51. The van der Waals surface area contributed by atoms with Gasteiger partial charge in [0, 0.05) is 32.3 Å². The zero-order valence-corrected chi connectivity index (χ0v) is 19.1. The molecule has 1 aliphatic rings. The van der Waals surface area contributed by atoms with Crippen molar-refractivity contribution >= 4 is 29.3 Å². The third-order valence-corrected chi connectivity index (χ3v) is 6.01. The van der Waals surface area contributed by atoms with Crippen molar-refractivity contribution in [1.29, 1.82) is 0 Å². The van der Waals surface area contributed by atoms with Crippen molar-refractivity contribution in [3.63, 3.8) is 0 Å². The molecule has 3 rings (SSSR count). The number of methoxy groups -OCH3 is 1. The second-order valence-corrected chi connectivity index (χ2v) is 8.26. The third kappa shape index (κ3) is 6.52. The number of ether oxygens (including phenoxy) is 1. The van der Waals surface area contributed by atoms with Crippen LogP contribution in [0.15, 0.2) is 48.5 Å². The Kier molecular flexibility index (Phi) is 8.79. The number of amides is 3. The zero-order valence-electron chi connectivity index (χ0n) is 18.4. The van der Waals surface area contributed by atoms with E-state index in [2.05, 4.69) is 10.6 Å². The van der Waals surface area contributed by atoms with Crippen molar-refractivity contribution in [3.05, 3.63) is 70.5 Å². The van der Waals surface area contributed by atoms with Crippen LogP contribution in [-0.2, 0) is 9.53 Å². The van der Waals surface area contributed by atoms with Crippen LogP contribution in [0.4, 0.5) is 4.39 Å². The van der Waals surface area contributed by atoms with Crippen LogP contribution in [0.1, 0.15) is 33.6 Å². The van der Waals surface area contributed by atoms with Gasteiger partial charge in [0.15, 0.2) is 0 Å². The molecule has 1 aliphatic heterocycles. The summed E-state index contributed by atoms with van der Waals surface area (Å²) in [5.74, 6) is -1.50. The number of benzene rings is 2. The molecule has 3 amide bonds. The van der Waals surface area contributed by atoms with Gasteiger partial charge >= 0.3 is 0 Å². The molecule has 1 fully saturated rings. The zero-order chi connectivity index (χ0) is 23.8. The van der Waals surface area contributed by atoms with Gasteiger partial charge < -0.3 is 20.3 Å². The van der Waals surface area contributed by atoms with E-state index in [9.17, 15) is 18.8 Å². The topological polar surface area (TPSA) is 87.7 Å². The number of rotatable bonds is 8. The van der Waals surface area contributed by atoms with Crippen molar-refractivity contribution in [2.45, 2.75) is 18.9 Å². The second kappa shape index (κ2) is 11.8. The van der Waals surface area contributed by atoms with Crippen LogP contribution < -0.4 is 10.6 Å². The lowest BCUT2D eigenvalue weighted by molar-refractivity contribution is -0.124. The van der Waals surface area contributed by atoms with Crippen molar-refractivity contribution in [3.8, 4) is 0 Å². The Bertz CT molecular complexity index is 978. The molecule has 2 N–H and O–H groups in total. The molecule has 2 aromatic carbocycles. The molecule has 33 heavy (non-hydrogen) atoms. The van der Waals surface area contributed by atoms with Gasteiger partial charge in [-0.05, 0) is 55.2 Å². The van der Waals surface area contributed by atoms with Crippen LogP contribution in [0, 0.1) is 11.7 Å². The molecule has 176 valence electrons. The SMILES string of the molecule is COCCNC(=O)[C@@H](NC(=O)c1ccccc1Cl)C1CCN(C(=O)c2ccc(F)cc2)CC1. The highest BCUT2D eigenvalue weighted by molar-refractivity contribution is 6.33. The van der Waals surface area contributed by atoms with Gasteiger partial charge in [0.1, 0.15) is 11.9 Å². The van der Waals surface area contributed by atoms with E-state index in [0.29, 0.717) is 49.7 Å². The molecular weight excluding hydrogens is 449 g/mol. The minimum absolute atomic E-state index is 0.170. The molecular formula is C24H27ClFN3O4. The molecule has 1 atom stereocenters. The first-order valence-corrected chi connectivity index (χ1v) is 11.2. The van der Waals surface area contributed by atoms with Crippen molar-refractivity contribution < 1.29 is 23.5 Å². The normalized spacial score (nSPS) is 15.1. The van der Waals surface area contributed by atoms with Crippen LogP contribution in [0.3, 0.4) is 0 Å². The van der Waals surface area contributed by atoms with Gasteiger partial charge in [0.2, 0.25) is 5.91 Å². The summed E-state index contributed by atoms with van der Waals surface area (Å²) in [5, 5.41) is 5.92. The first-order valence-electron chi connectivity index (χ1n) is 10.8. The van der Waals surface area contributed by atoms with Gasteiger partial charge in [-0.25, -0.2) is 4.39 Å². The van der Waals surface area contributed by atoms with Crippen LogP contribution in [0.25, 0.3) is 0 Å². The summed E-state index contributed by atoms with van der Waals surface area (Å²) in [7, 11) is 1.54. The number of nitrogens with one attached hydrogen (secondary N) is 2. The molecule has 2 aromatic rings. The predicted octanol–water partition coefficient (Wildman–Crippen LogP) is 2.89. The molecule has 1 heterocycles. The first-order chi connectivity index (χ1) is 15.9. The first kappa shape index (κ1) is 24.7. The lowest BCUT2D eigenvalue weighted by Crippen LogP contribution is -2.54. The summed E-state index contributed by atoms with van der Waals surface area (Å²) in [6.07, 6.45) is 1.05. The van der Waals surface area contributed by atoms with Gasteiger partial charge in [-0.3, -0.25) is 14.4 Å². The molecule has 0 aromatic heterocycles. The standard InChI is InChI=1S/C24H27ClFN3O4/c1-33-15-12-27-23(31)21(28-22(30)19-4-2-3-5-20(19)25)16-10-13-29(14-11-16)24(32)17-6-8-18(26)9-7-17/h2-9,16,21H,10-15H2,1H3,(H,27,31)(H,28,30)/t21-/m0/s1. The number of hydrogen-bond donors (Lipinski definition) is 2. The highest BCUT2D eigenvalue weighted by Gasteiger charge is 2.34. The molecule has 9 heteroatoms. The number of halogens is 2. The Morgan fingerprint density at radius 2 is 1.79 bits per heavy atom. The maximum atomic E-state index is 13.2. The number of carbonyl (C=O) groups is 3. The monoisotopic (exact) mass is 475 g/mol. The van der Waals surface area contributed by atoms with E-state index in [0.717, 1.165) is 0 Å². The Labute approximate surface area is 197 Å². The lowest BCUT2D eigenvalue weighted by atomic mass is 9.88. The van der Waals surface area contributed by atoms with Gasteiger partial charge in [-0.1, -0.05) is 23.7 Å². The van der Waals surface area contributed by atoms with Crippen molar-refractivity contribution in [2.75, 3.05) is 33.4 Å². The summed E-state index contributed by atoms with van der Waals surface area (Å²) in [6, 6.07) is 11.3. The molecule has 0 bridgehead atoms. The van der Waals surface area contributed by atoms with E-state index in [1.54, 1.807) is 29.2 Å². The third-order valence-electron chi connectivity index (χ3n) is 5.68. The van der Waals surface area contributed by atoms with E-state index < -0.39 is 17.8 Å². The number of piperidine rings is 1. The average molecular weight is 476 g/mol. The number of likely N-dealkylation sites (tertiary alicyclic amines) is 1. The smallest absolute Gasteiger partial charge is 0.253 e. The van der Waals surface area contributed by atoms with Gasteiger partial charge in [-0.2, -0.15) is 0 Å². The molecule has 0 aliphatic carbocycles. The molecule has 0 saturated carbocycles. The molecule has 0 radical (unpaired) electrons. The number of nitrogens with zero attached hydrogens (tertiary/aromatic N) is 1. The summed E-state index contributed by atoms with van der Waals surface area (Å²) in [4.78, 5) is 40.2. The Morgan fingerprint density at radius 3 is 2.42 bits per heavy atom. The van der Waals surface area contributed by atoms with Gasteiger partial charge in [0.25, 0.3) is 11.8 Å². The van der Waals surface area contributed by atoms with E-state index in [4.69, 9.17) is 16.3 Å². The minimum Gasteiger partial charge on any atom is -0.383 e. The second-order valence-electron chi connectivity index (χ2n) is 7.85. The molecule has 0 unspecified atom stereocenters. The Hall–Kier alpha value is -2.97. The van der Waals surface area contributed by atoms with E-state index >= 15 is 0 Å². The average Bonchev–Trinajstić information content (AvgIpc) is 2.83. The Morgan fingerprint density at radius 1 is 1.12 bits per heavy atom. The van der Waals surface area contributed by atoms with Crippen molar-refractivity contribution in [2.24, 2.45) is 5.92 Å². The summed E-state index contributed by atoms with van der Waals surface area (Å²) in [5.41, 5.74) is 0.702. The Balaban J connectivity index is 1.68. The highest BCUT2D eigenvalue weighted by Crippen LogP contribution is 2.24. The van der Waals surface area contributed by atoms with Crippen LogP contribution >= 0.6 is 11.6 Å². The molecule has 0 spiro atoms. The molecule has 7 nitrogen and oxygen atoms in total. The predicted molar refractivity (Wildman–Crippen MR) is 123 cm³/mol. The maximum Gasteiger partial charge on any atom is 0.253 e. The van der Waals surface area contributed by atoms with E-state index in [-0.39, 0.29) is 23.3 Å². The fourth-order valence-electron chi connectivity index (χ4n) is 3.86. The van der Waals surface area contributed by atoms with Gasteiger partial charge in [-0.15, -0.1) is 0 Å². The quantitative estimate of drug-likeness (QED) is 0.575. The number of carbonyl (C=O) groups excluding carboxylic acids is 3.